The second-order valence-electron chi connectivity index (χ2n) is 6.31. The number of rotatable bonds is 4. The summed E-state index contributed by atoms with van der Waals surface area (Å²) in [4.78, 5) is 14.4. The largest absolute Gasteiger partial charge is 0.449 e. The van der Waals surface area contributed by atoms with Gasteiger partial charge in [-0.15, -0.1) is 0 Å². The van der Waals surface area contributed by atoms with Crippen LogP contribution in [-0.2, 0) is 4.74 Å². The van der Waals surface area contributed by atoms with Crippen LogP contribution in [0.3, 0.4) is 0 Å². The van der Waals surface area contributed by atoms with Gasteiger partial charge in [0.25, 0.3) is 0 Å². The third-order valence-electron chi connectivity index (χ3n) is 4.33. The lowest BCUT2D eigenvalue weighted by atomic mass is 10.0. The lowest BCUT2D eigenvalue weighted by Crippen LogP contribution is -2.21. The Kier molecular flexibility index (Phi) is 5.84. The number of carbonyl (C=O) groups is 1. The van der Waals surface area contributed by atoms with E-state index in [1.165, 1.54) is 0 Å². The van der Waals surface area contributed by atoms with Crippen molar-refractivity contribution in [1.82, 2.24) is 4.90 Å². The minimum atomic E-state index is -0.443. The number of halogens is 2. The molecule has 0 unspecified atom stereocenters. The smallest absolute Gasteiger partial charge is 0.411 e. The monoisotopic (exact) mass is 378 g/mol. The molecule has 132 valence electrons. The first-order valence-electron chi connectivity index (χ1n) is 8.19. The number of amides is 1. The lowest BCUT2D eigenvalue weighted by molar-refractivity contribution is 0.142. The van der Waals surface area contributed by atoms with E-state index in [9.17, 15) is 4.79 Å². The Balaban J connectivity index is 1.68. The van der Waals surface area contributed by atoms with Crippen LogP contribution in [0.5, 0.6) is 0 Å². The van der Waals surface area contributed by atoms with Gasteiger partial charge in [0.1, 0.15) is 0 Å². The van der Waals surface area contributed by atoms with Crippen LogP contribution in [0.15, 0.2) is 42.5 Å². The standard InChI is InChI=1S/C19H20Cl2N2O2/c1-23-9-8-13(11-23)12-25-19(24)22-18-5-3-2-4-15(18)14-6-7-16(20)17(21)10-14/h2-7,10,13H,8-9,11-12H2,1H3,(H,22,24)/t13-/m1/s1. The van der Waals surface area contributed by atoms with Crippen LogP contribution in [-0.4, -0.2) is 37.7 Å². The van der Waals surface area contributed by atoms with Crippen molar-refractivity contribution in [1.29, 1.82) is 0 Å². The number of nitrogens with one attached hydrogen (secondary N) is 1. The minimum absolute atomic E-state index is 0.404. The zero-order valence-electron chi connectivity index (χ0n) is 14.0. The van der Waals surface area contributed by atoms with E-state index >= 15 is 0 Å². The molecule has 0 radical (unpaired) electrons. The van der Waals surface area contributed by atoms with E-state index in [-0.39, 0.29) is 0 Å². The molecule has 4 nitrogen and oxygen atoms in total. The van der Waals surface area contributed by atoms with Gasteiger partial charge in [0.15, 0.2) is 0 Å². The van der Waals surface area contributed by atoms with Crippen molar-refractivity contribution in [3.05, 3.63) is 52.5 Å². The molecule has 3 rings (SSSR count). The van der Waals surface area contributed by atoms with Crippen LogP contribution < -0.4 is 5.32 Å². The number of hydrogen-bond acceptors (Lipinski definition) is 3. The van der Waals surface area contributed by atoms with Gasteiger partial charge in [-0.3, -0.25) is 5.32 Å². The second-order valence-corrected chi connectivity index (χ2v) is 7.13. The molecule has 1 N–H and O–H groups in total. The van der Waals surface area contributed by atoms with Gasteiger partial charge in [-0.1, -0.05) is 47.5 Å². The van der Waals surface area contributed by atoms with Crippen molar-refractivity contribution < 1.29 is 9.53 Å². The fourth-order valence-corrected chi connectivity index (χ4v) is 3.31. The van der Waals surface area contributed by atoms with Crippen molar-refractivity contribution in [2.24, 2.45) is 5.92 Å². The molecule has 0 aromatic heterocycles. The molecule has 6 heteroatoms. The summed E-state index contributed by atoms with van der Waals surface area (Å²) >= 11 is 12.1. The molecule has 25 heavy (non-hydrogen) atoms. The minimum Gasteiger partial charge on any atom is -0.449 e. The lowest BCUT2D eigenvalue weighted by Gasteiger charge is -2.14. The summed E-state index contributed by atoms with van der Waals surface area (Å²) in [7, 11) is 2.08. The summed E-state index contributed by atoms with van der Waals surface area (Å²) in [5.41, 5.74) is 2.41. The van der Waals surface area contributed by atoms with Gasteiger partial charge in [0.05, 0.1) is 22.3 Å². The Morgan fingerprint density at radius 1 is 1.24 bits per heavy atom. The van der Waals surface area contributed by atoms with Crippen molar-refractivity contribution >= 4 is 35.0 Å². The molecule has 0 bridgehead atoms. The van der Waals surface area contributed by atoms with Gasteiger partial charge in [0.2, 0.25) is 0 Å². The maximum atomic E-state index is 12.2. The Labute approximate surface area is 157 Å². The van der Waals surface area contributed by atoms with Crippen LogP contribution in [0.2, 0.25) is 10.0 Å². The summed E-state index contributed by atoms with van der Waals surface area (Å²) in [5.74, 6) is 0.404. The number of ether oxygens (including phenoxy) is 1. The quantitative estimate of drug-likeness (QED) is 0.798. The zero-order chi connectivity index (χ0) is 17.8. The molecule has 1 saturated heterocycles. The highest BCUT2D eigenvalue weighted by Gasteiger charge is 2.21. The molecule has 1 aliphatic rings. The number of para-hydroxylation sites is 1. The van der Waals surface area contributed by atoms with E-state index in [2.05, 4.69) is 17.3 Å². The Hall–Kier alpha value is -1.75. The summed E-state index contributed by atoms with van der Waals surface area (Å²) in [6.45, 7) is 2.45. The predicted molar refractivity (Wildman–Crippen MR) is 102 cm³/mol. The molecular weight excluding hydrogens is 359 g/mol. The van der Waals surface area contributed by atoms with Crippen LogP contribution >= 0.6 is 23.2 Å². The number of anilines is 1. The van der Waals surface area contributed by atoms with Crippen molar-refractivity contribution in [2.45, 2.75) is 6.42 Å². The van der Waals surface area contributed by atoms with Gasteiger partial charge in [-0.2, -0.15) is 0 Å². The Morgan fingerprint density at radius 2 is 2.04 bits per heavy atom. The summed E-state index contributed by atoms with van der Waals surface area (Å²) in [5, 5.41) is 3.80. The number of carbonyl (C=O) groups excluding carboxylic acids is 1. The van der Waals surface area contributed by atoms with E-state index in [0.717, 1.165) is 30.6 Å². The van der Waals surface area contributed by atoms with Crippen LogP contribution in [0.4, 0.5) is 10.5 Å². The summed E-state index contributed by atoms with van der Waals surface area (Å²) in [6, 6.07) is 12.9. The summed E-state index contributed by atoms with van der Waals surface area (Å²) in [6.07, 6.45) is 0.617. The molecule has 0 saturated carbocycles. The predicted octanol–water partition coefficient (Wildman–Crippen LogP) is 5.16. The van der Waals surface area contributed by atoms with Gasteiger partial charge in [0, 0.05) is 18.0 Å². The first kappa shape index (κ1) is 18.1. The second kappa shape index (κ2) is 8.09. The maximum absolute atomic E-state index is 12.2. The van der Waals surface area contributed by atoms with Crippen LogP contribution in [0.1, 0.15) is 6.42 Å². The molecule has 1 aliphatic heterocycles. The molecule has 2 aromatic carbocycles. The van der Waals surface area contributed by atoms with E-state index in [0.29, 0.717) is 28.3 Å². The van der Waals surface area contributed by atoms with E-state index in [1.807, 2.05) is 30.3 Å². The normalized spacial score (nSPS) is 17.5. The van der Waals surface area contributed by atoms with E-state index in [4.69, 9.17) is 27.9 Å². The van der Waals surface area contributed by atoms with Crippen molar-refractivity contribution in [3.63, 3.8) is 0 Å². The maximum Gasteiger partial charge on any atom is 0.411 e. The fraction of sp³-hybridized carbons (Fsp3) is 0.316. The molecule has 0 aliphatic carbocycles. The fourth-order valence-electron chi connectivity index (χ4n) is 3.01. The number of hydrogen-bond donors (Lipinski definition) is 1. The molecule has 1 amide bonds. The molecule has 2 aromatic rings. The molecule has 1 fully saturated rings. The zero-order valence-corrected chi connectivity index (χ0v) is 15.5. The molecular formula is C19H20Cl2N2O2. The molecule has 1 atom stereocenters. The van der Waals surface area contributed by atoms with Crippen LogP contribution in [0, 0.1) is 5.92 Å². The topological polar surface area (TPSA) is 41.6 Å². The summed E-state index contributed by atoms with van der Waals surface area (Å²) < 4.78 is 5.39. The average molecular weight is 379 g/mol. The first-order valence-corrected chi connectivity index (χ1v) is 8.95. The van der Waals surface area contributed by atoms with Crippen molar-refractivity contribution in [2.75, 3.05) is 32.1 Å². The Bertz CT molecular complexity index is 767. The molecule has 1 heterocycles. The van der Waals surface area contributed by atoms with Gasteiger partial charge in [-0.25, -0.2) is 4.79 Å². The number of benzene rings is 2. The van der Waals surface area contributed by atoms with Gasteiger partial charge in [-0.05, 0) is 43.8 Å². The third-order valence-corrected chi connectivity index (χ3v) is 5.07. The third kappa shape index (κ3) is 4.66. The first-order chi connectivity index (χ1) is 12.0. The highest BCUT2D eigenvalue weighted by atomic mass is 35.5. The average Bonchev–Trinajstić information content (AvgIpc) is 3.02. The SMILES string of the molecule is CN1CC[C@@H](COC(=O)Nc2ccccc2-c2ccc(Cl)c(Cl)c2)C1. The highest BCUT2D eigenvalue weighted by molar-refractivity contribution is 6.42. The molecule has 0 spiro atoms. The van der Waals surface area contributed by atoms with Crippen LogP contribution in [0.25, 0.3) is 11.1 Å². The van der Waals surface area contributed by atoms with Gasteiger partial charge >= 0.3 is 6.09 Å². The number of likely N-dealkylation sites (tertiary alicyclic amines) is 1. The Morgan fingerprint density at radius 3 is 2.76 bits per heavy atom. The van der Waals surface area contributed by atoms with E-state index < -0.39 is 6.09 Å². The number of nitrogens with zero attached hydrogens (tertiary/aromatic N) is 1. The highest BCUT2D eigenvalue weighted by Crippen LogP contribution is 2.32. The van der Waals surface area contributed by atoms with Gasteiger partial charge < -0.3 is 9.64 Å². The van der Waals surface area contributed by atoms with Crippen molar-refractivity contribution in [3.8, 4) is 11.1 Å². The van der Waals surface area contributed by atoms with E-state index in [1.54, 1.807) is 12.1 Å².